The van der Waals surface area contributed by atoms with E-state index in [1.807, 2.05) is 39.0 Å². The Balaban J connectivity index is 1.59. The number of aromatic nitrogens is 1. The molecule has 0 saturated carbocycles. The fourth-order valence-electron chi connectivity index (χ4n) is 2.84. The standard InChI is InChI=1S/C19H23ClN2O3/c1-19(2,3)25-18(23)22-10-7-13(8-11-22)24-14-4-5-17-15(12-14)16(20)6-9-21-17/h4-6,9,12-13H,7-8,10-11H2,1-3H3. The molecule has 1 aliphatic rings. The molecule has 0 N–H and O–H groups in total. The molecule has 1 fully saturated rings. The maximum Gasteiger partial charge on any atom is 0.410 e. The fourth-order valence-corrected chi connectivity index (χ4v) is 3.05. The predicted octanol–water partition coefficient (Wildman–Crippen LogP) is 4.67. The van der Waals surface area contributed by atoms with Crippen molar-refractivity contribution in [2.45, 2.75) is 45.3 Å². The van der Waals surface area contributed by atoms with Crippen LogP contribution in [-0.2, 0) is 4.74 Å². The van der Waals surface area contributed by atoms with Gasteiger partial charge >= 0.3 is 6.09 Å². The molecule has 1 amide bonds. The van der Waals surface area contributed by atoms with E-state index in [1.54, 1.807) is 17.2 Å². The van der Waals surface area contributed by atoms with Crippen molar-refractivity contribution in [3.05, 3.63) is 35.5 Å². The number of pyridine rings is 1. The van der Waals surface area contributed by atoms with E-state index in [-0.39, 0.29) is 12.2 Å². The first kappa shape index (κ1) is 17.8. The molecule has 0 atom stereocenters. The van der Waals surface area contributed by atoms with Crippen molar-refractivity contribution in [1.82, 2.24) is 9.88 Å². The van der Waals surface area contributed by atoms with Gasteiger partial charge in [-0.1, -0.05) is 11.6 Å². The molecule has 6 heteroatoms. The third-order valence-electron chi connectivity index (χ3n) is 4.06. The van der Waals surface area contributed by atoms with Crippen LogP contribution in [0.2, 0.25) is 5.02 Å². The minimum atomic E-state index is -0.469. The van der Waals surface area contributed by atoms with Crippen LogP contribution in [0.5, 0.6) is 5.75 Å². The Morgan fingerprint density at radius 3 is 2.64 bits per heavy atom. The van der Waals surface area contributed by atoms with Crippen LogP contribution in [-0.4, -0.2) is 40.8 Å². The zero-order chi connectivity index (χ0) is 18.0. The van der Waals surface area contributed by atoms with E-state index in [0.29, 0.717) is 18.1 Å². The van der Waals surface area contributed by atoms with E-state index in [9.17, 15) is 4.79 Å². The second kappa shape index (κ2) is 7.08. The molecule has 1 aromatic carbocycles. The fraction of sp³-hybridized carbons (Fsp3) is 0.474. The van der Waals surface area contributed by atoms with Gasteiger partial charge in [-0.2, -0.15) is 0 Å². The molecule has 0 unspecified atom stereocenters. The number of fused-ring (bicyclic) bond motifs is 1. The quantitative estimate of drug-likeness (QED) is 0.779. The number of piperidine rings is 1. The van der Waals surface area contributed by atoms with Gasteiger partial charge in [0.15, 0.2) is 0 Å². The van der Waals surface area contributed by atoms with E-state index in [0.717, 1.165) is 29.5 Å². The largest absolute Gasteiger partial charge is 0.490 e. The minimum Gasteiger partial charge on any atom is -0.490 e. The lowest BCUT2D eigenvalue weighted by atomic mass is 10.1. The SMILES string of the molecule is CC(C)(C)OC(=O)N1CCC(Oc2ccc3nccc(Cl)c3c2)CC1. The Kier molecular flexibility index (Phi) is 5.04. The van der Waals surface area contributed by atoms with Gasteiger partial charge in [0.1, 0.15) is 17.5 Å². The van der Waals surface area contributed by atoms with Crippen molar-refractivity contribution in [1.29, 1.82) is 0 Å². The molecule has 3 rings (SSSR count). The summed E-state index contributed by atoms with van der Waals surface area (Å²) in [6.45, 7) is 6.90. The number of halogens is 1. The maximum absolute atomic E-state index is 12.1. The van der Waals surface area contributed by atoms with E-state index < -0.39 is 5.60 Å². The molecule has 0 radical (unpaired) electrons. The third kappa shape index (κ3) is 4.54. The van der Waals surface area contributed by atoms with Gasteiger partial charge in [0, 0.05) is 37.5 Å². The summed E-state index contributed by atoms with van der Waals surface area (Å²) >= 11 is 6.22. The monoisotopic (exact) mass is 362 g/mol. The highest BCUT2D eigenvalue weighted by molar-refractivity contribution is 6.35. The van der Waals surface area contributed by atoms with Gasteiger partial charge < -0.3 is 14.4 Å². The number of likely N-dealkylation sites (tertiary alicyclic amines) is 1. The summed E-state index contributed by atoms with van der Waals surface area (Å²) in [5, 5.41) is 1.54. The highest BCUT2D eigenvalue weighted by Crippen LogP contribution is 2.27. The lowest BCUT2D eigenvalue weighted by molar-refractivity contribution is 0.0127. The van der Waals surface area contributed by atoms with Crippen LogP contribution < -0.4 is 4.74 Å². The van der Waals surface area contributed by atoms with E-state index >= 15 is 0 Å². The van der Waals surface area contributed by atoms with Crippen molar-refractivity contribution < 1.29 is 14.3 Å². The summed E-state index contributed by atoms with van der Waals surface area (Å²) in [4.78, 5) is 18.1. The molecule has 2 heterocycles. The van der Waals surface area contributed by atoms with Crippen molar-refractivity contribution in [3.63, 3.8) is 0 Å². The van der Waals surface area contributed by atoms with Crippen LogP contribution in [0.3, 0.4) is 0 Å². The summed E-state index contributed by atoms with van der Waals surface area (Å²) in [5.74, 6) is 0.776. The number of rotatable bonds is 2. The van der Waals surface area contributed by atoms with Crippen molar-refractivity contribution in [2.75, 3.05) is 13.1 Å². The second-order valence-electron chi connectivity index (χ2n) is 7.26. The minimum absolute atomic E-state index is 0.0755. The highest BCUT2D eigenvalue weighted by Gasteiger charge is 2.27. The Morgan fingerprint density at radius 1 is 1.24 bits per heavy atom. The van der Waals surface area contributed by atoms with Gasteiger partial charge in [0.05, 0.1) is 10.5 Å². The number of hydrogen-bond acceptors (Lipinski definition) is 4. The molecular formula is C19H23ClN2O3. The molecular weight excluding hydrogens is 340 g/mol. The van der Waals surface area contributed by atoms with E-state index in [1.165, 1.54) is 0 Å². The first-order chi connectivity index (χ1) is 11.8. The van der Waals surface area contributed by atoms with Crippen LogP contribution in [0.15, 0.2) is 30.5 Å². The van der Waals surface area contributed by atoms with Gasteiger partial charge in [-0.3, -0.25) is 4.98 Å². The highest BCUT2D eigenvalue weighted by atomic mass is 35.5. The van der Waals surface area contributed by atoms with Crippen molar-refractivity contribution in [3.8, 4) is 5.75 Å². The summed E-state index contributed by atoms with van der Waals surface area (Å²) in [7, 11) is 0. The number of amides is 1. The van der Waals surface area contributed by atoms with Gasteiger partial charge in [0.25, 0.3) is 0 Å². The molecule has 134 valence electrons. The van der Waals surface area contributed by atoms with Crippen LogP contribution >= 0.6 is 11.6 Å². The zero-order valence-corrected chi connectivity index (χ0v) is 15.5. The zero-order valence-electron chi connectivity index (χ0n) is 14.8. The smallest absolute Gasteiger partial charge is 0.410 e. The van der Waals surface area contributed by atoms with Crippen LogP contribution in [0.25, 0.3) is 10.9 Å². The molecule has 1 saturated heterocycles. The molecule has 1 aromatic heterocycles. The molecule has 2 aromatic rings. The lowest BCUT2D eigenvalue weighted by Gasteiger charge is -2.33. The molecule has 0 aliphatic carbocycles. The molecule has 0 spiro atoms. The predicted molar refractivity (Wildman–Crippen MR) is 98.2 cm³/mol. The second-order valence-corrected chi connectivity index (χ2v) is 7.66. The average Bonchev–Trinajstić information content (AvgIpc) is 2.55. The number of carbonyl (C=O) groups is 1. The average molecular weight is 363 g/mol. The van der Waals surface area contributed by atoms with Gasteiger partial charge in [-0.05, 0) is 45.0 Å². The first-order valence-corrected chi connectivity index (χ1v) is 8.88. The van der Waals surface area contributed by atoms with E-state index in [4.69, 9.17) is 21.1 Å². The lowest BCUT2D eigenvalue weighted by Crippen LogP contribution is -2.44. The number of carbonyl (C=O) groups excluding carboxylic acids is 1. The summed E-state index contributed by atoms with van der Waals surface area (Å²) in [6, 6.07) is 7.51. The summed E-state index contributed by atoms with van der Waals surface area (Å²) in [5.41, 5.74) is 0.377. The van der Waals surface area contributed by atoms with E-state index in [2.05, 4.69) is 4.98 Å². The Labute approximate surface area is 152 Å². The van der Waals surface area contributed by atoms with Gasteiger partial charge in [-0.15, -0.1) is 0 Å². The summed E-state index contributed by atoms with van der Waals surface area (Å²) < 4.78 is 11.5. The Bertz CT molecular complexity index is 765. The van der Waals surface area contributed by atoms with Gasteiger partial charge in [-0.25, -0.2) is 4.79 Å². The van der Waals surface area contributed by atoms with Crippen LogP contribution in [0.4, 0.5) is 4.79 Å². The Morgan fingerprint density at radius 2 is 1.96 bits per heavy atom. The number of benzene rings is 1. The van der Waals surface area contributed by atoms with Crippen molar-refractivity contribution >= 4 is 28.6 Å². The third-order valence-corrected chi connectivity index (χ3v) is 4.39. The van der Waals surface area contributed by atoms with Crippen LogP contribution in [0, 0.1) is 0 Å². The maximum atomic E-state index is 12.1. The molecule has 0 bridgehead atoms. The topological polar surface area (TPSA) is 51.7 Å². The molecule has 5 nitrogen and oxygen atoms in total. The van der Waals surface area contributed by atoms with Crippen LogP contribution in [0.1, 0.15) is 33.6 Å². The van der Waals surface area contributed by atoms with Gasteiger partial charge in [0.2, 0.25) is 0 Å². The number of hydrogen-bond donors (Lipinski definition) is 0. The molecule has 1 aliphatic heterocycles. The normalized spacial score (nSPS) is 16.1. The molecule has 25 heavy (non-hydrogen) atoms. The first-order valence-electron chi connectivity index (χ1n) is 8.51. The summed E-state index contributed by atoms with van der Waals surface area (Å²) in [6.07, 6.45) is 3.06. The Hall–Kier alpha value is -2.01. The van der Waals surface area contributed by atoms with Crippen molar-refractivity contribution in [2.24, 2.45) is 0 Å². The number of nitrogens with zero attached hydrogens (tertiary/aromatic N) is 2. The number of ether oxygens (including phenoxy) is 2.